The number of likely N-dealkylation sites (N-methyl/N-ethyl adjacent to an activating group) is 1. The number of hydrogen-bond donors (Lipinski definition) is 1. The topological polar surface area (TPSA) is 23.5 Å². The van der Waals surface area contributed by atoms with Crippen molar-refractivity contribution in [3.63, 3.8) is 0 Å². The highest BCUT2D eigenvalue weighted by molar-refractivity contribution is 5.87. The molecule has 116 valence electrons. The van der Waals surface area contributed by atoms with Gasteiger partial charge in [-0.25, -0.2) is 0 Å². The third-order valence-corrected chi connectivity index (χ3v) is 5.74. The third kappa shape index (κ3) is 2.26. The summed E-state index contributed by atoms with van der Waals surface area (Å²) >= 11 is 0. The van der Waals surface area contributed by atoms with Crippen LogP contribution in [-0.2, 0) is 6.54 Å². The lowest BCUT2D eigenvalue weighted by Gasteiger charge is -2.44. The van der Waals surface area contributed by atoms with Gasteiger partial charge in [-0.3, -0.25) is 0 Å². The maximum absolute atomic E-state index is 11.3. The smallest absolute Gasteiger partial charge is 0.0728 e. The van der Waals surface area contributed by atoms with E-state index in [1.807, 2.05) is 0 Å². The second-order valence-corrected chi connectivity index (χ2v) is 7.27. The molecule has 0 radical (unpaired) electrons. The first-order chi connectivity index (χ1) is 10.7. The fourth-order valence-electron chi connectivity index (χ4n) is 4.57. The van der Waals surface area contributed by atoms with E-state index in [9.17, 15) is 5.11 Å². The lowest BCUT2D eigenvalue weighted by atomic mass is 9.70. The standard InChI is InChI=1S/C20H25NO/c1-21-13-18-16-8-4-3-7-15(16)9-10-17(18)19(14-21)20(22)11-5-2-6-12-20/h3-4,7-10,19,22H,2,5-6,11-14H2,1H3. The fourth-order valence-corrected chi connectivity index (χ4v) is 4.57. The summed E-state index contributed by atoms with van der Waals surface area (Å²) in [4.78, 5) is 2.38. The Hall–Kier alpha value is -1.38. The SMILES string of the molecule is CN1Cc2c(ccc3ccccc23)C(C2(O)CCCCC2)C1. The summed E-state index contributed by atoms with van der Waals surface area (Å²) in [6.07, 6.45) is 5.52. The first-order valence-electron chi connectivity index (χ1n) is 8.59. The first kappa shape index (κ1) is 14.2. The molecule has 2 nitrogen and oxygen atoms in total. The number of aliphatic hydroxyl groups is 1. The minimum atomic E-state index is -0.510. The Morgan fingerprint density at radius 2 is 1.82 bits per heavy atom. The number of fused-ring (bicyclic) bond motifs is 3. The van der Waals surface area contributed by atoms with Crippen LogP contribution in [0.5, 0.6) is 0 Å². The Labute approximate surface area is 132 Å². The van der Waals surface area contributed by atoms with Gasteiger partial charge in [0.2, 0.25) is 0 Å². The zero-order valence-electron chi connectivity index (χ0n) is 13.4. The quantitative estimate of drug-likeness (QED) is 0.857. The molecule has 1 aliphatic heterocycles. The molecule has 1 heterocycles. The lowest BCUT2D eigenvalue weighted by Crippen LogP contribution is -2.46. The normalized spacial score (nSPS) is 25.1. The van der Waals surface area contributed by atoms with Gasteiger partial charge in [0.15, 0.2) is 0 Å². The minimum Gasteiger partial charge on any atom is -0.389 e. The van der Waals surface area contributed by atoms with Crippen molar-refractivity contribution in [2.75, 3.05) is 13.6 Å². The van der Waals surface area contributed by atoms with E-state index in [2.05, 4.69) is 48.3 Å². The monoisotopic (exact) mass is 295 g/mol. The van der Waals surface area contributed by atoms with Crippen LogP contribution in [-0.4, -0.2) is 29.2 Å². The van der Waals surface area contributed by atoms with Gasteiger partial charge in [0.05, 0.1) is 5.60 Å². The van der Waals surface area contributed by atoms with Crippen molar-refractivity contribution in [2.45, 2.75) is 50.2 Å². The summed E-state index contributed by atoms with van der Waals surface area (Å²) in [5.74, 6) is 0.256. The molecule has 0 amide bonds. The van der Waals surface area contributed by atoms with Crippen molar-refractivity contribution in [1.29, 1.82) is 0 Å². The zero-order chi connectivity index (χ0) is 15.2. The Kier molecular flexibility index (Phi) is 3.47. The first-order valence-corrected chi connectivity index (χ1v) is 8.59. The zero-order valence-corrected chi connectivity index (χ0v) is 13.4. The summed E-state index contributed by atoms with van der Waals surface area (Å²) in [7, 11) is 2.18. The van der Waals surface area contributed by atoms with E-state index < -0.39 is 5.60 Å². The van der Waals surface area contributed by atoms with E-state index in [-0.39, 0.29) is 5.92 Å². The predicted octanol–water partition coefficient (Wildman–Crippen LogP) is 4.06. The van der Waals surface area contributed by atoms with Crippen molar-refractivity contribution in [3.8, 4) is 0 Å². The molecule has 2 aromatic rings. The summed E-state index contributed by atoms with van der Waals surface area (Å²) in [5.41, 5.74) is 2.31. The average molecular weight is 295 g/mol. The summed E-state index contributed by atoms with van der Waals surface area (Å²) in [5, 5.41) is 14.0. The van der Waals surface area contributed by atoms with E-state index in [1.165, 1.54) is 41.2 Å². The van der Waals surface area contributed by atoms with Crippen LogP contribution in [0.1, 0.15) is 49.1 Å². The Balaban J connectivity index is 1.85. The molecule has 1 N–H and O–H groups in total. The summed E-state index contributed by atoms with van der Waals surface area (Å²) in [6.45, 7) is 1.96. The fraction of sp³-hybridized carbons (Fsp3) is 0.500. The van der Waals surface area contributed by atoms with Gasteiger partial charge >= 0.3 is 0 Å². The molecule has 0 bridgehead atoms. The largest absolute Gasteiger partial charge is 0.389 e. The molecule has 0 saturated heterocycles. The van der Waals surface area contributed by atoms with Gasteiger partial charge in [-0.15, -0.1) is 0 Å². The average Bonchev–Trinajstić information content (AvgIpc) is 2.54. The summed E-state index contributed by atoms with van der Waals surface area (Å²) < 4.78 is 0. The number of hydrogen-bond acceptors (Lipinski definition) is 2. The molecule has 0 aromatic heterocycles. The summed E-state index contributed by atoms with van der Waals surface area (Å²) in [6, 6.07) is 13.2. The number of rotatable bonds is 1. The van der Waals surface area contributed by atoms with Crippen LogP contribution in [0.15, 0.2) is 36.4 Å². The second kappa shape index (κ2) is 5.36. The van der Waals surface area contributed by atoms with Crippen LogP contribution in [0.25, 0.3) is 10.8 Å². The van der Waals surface area contributed by atoms with Crippen LogP contribution < -0.4 is 0 Å². The van der Waals surface area contributed by atoms with Crippen molar-refractivity contribution in [3.05, 3.63) is 47.5 Å². The second-order valence-electron chi connectivity index (χ2n) is 7.27. The lowest BCUT2D eigenvalue weighted by molar-refractivity contribution is -0.0332. The van der Waals surface area contributed by atoms with Gasteiger partial charge in [0.1, 0.15) is 0 Å². The predicted molar refractivity (Wildman–Crippen MR) is 91.1 cm³/mol. The highest BCUT2D eigenvalue weighted by Crippen LogP contribution is 2.44. The molecule has 1 saturated carbocycles. The van der Waals surface area contributed by atoms with Crippen molar-refractivity contribution in [1.82, 2.24) is 4.90 Å². The van der Waals surface area contributed by atoms with E-state index in [1.54, 1.807) is 0 Å². The molecule has 1 atom stereocenters. The van der Waals surface area contributed by atoms with E-state index in [0.717, 1.165) is 25.9 Å². The Morgan fingerprint density at radius 3 is 2.64 bits per heavy atom. The molecule has 1 unspecified atom stereocenters. The third-order valence-electron chi connectivity index (χ3n) is 5.74. The van der Waals surface area contributed by atoms with Crippen LogP contribution in [0.4, 0.5) is 0 Å². The molecular weight excluding hydrogens is 270 g/mol. The van der Waals surface area contributed by atoms with Crippen LogP contribution in [0, 0.1) is 0 Å². The number of nitrogens with zero attached hydrogens (tertiary/aromatic N) is 1. The molecule has 2 heteroatoms. The van der Waals surface area contributed by atoms with E-state index >= 15 is 0 Å². The molecule has 2 aliphatic rings. The van der Waals surface area contributed by atoms with Gasteiger partial charge in [-0.1, -0.05) is 55.7 Å². The maximum atomic E-state index is 11.3. The molecular formula is C20H25NO. The Morgan fingerprint density at radius 1 is 1.05 bits per heavy atom. The van der Waals surface area contributed by atoms with Gasteiger partial charge in [0, 0.05) is 19.0 Å². The van der Waals surface area contributed by atoms with Crippen LogP contribution in [0.2, 0.25) is 0 Å². The van der Waals surface area contributed by atoms with Crippen molar-refractivity contribution >= 4 is 10.8 Å². The molecule has 4 rings (SSSR count). The van der Waals surface area contributed by atoms with E-state index in [0.29, 0.717) is 0 Å². The molecule has 2 aromatic carbocycles. The Bertz CT molecular complexity index is 687. The molecule has 22 heavy (non-hydrogen) atoms. The molecule has 0 spiro atoms. The molecule has 1 fully saturated rings. The minimum absolute atomic E-state index is 0.256. The van der Waals surface area contributed by atoms with Gasteiger partial charge in [0.25, 0.3) is 0 Å². The maximum Gasteiger partial charge on any atom is 0.0728 e. The highest BCUT2D eigenvalue weighted by atomic mass is 16.3. The van der Waals surface area contributed by atoms with Gasteiger partial charge in [-0.05, 0) is 41.8 Å². The van der Waals surface area contributed by atoms with Crippen molar-refractivity contribution < 1.29 is 5.11 Å². The van der Waals surface area contributed by atoms with Gasteiger partial charge < -0.3 is 10.0 Å². The van der Waals surface area contributed by atoms with E-state index in [4.69, 9.17) is 0 Å². The highest BCUT2D eigenvalue weighted by Gasteiger charge is 2.41. The number of benzene rings is 2. The van der Waals surface area contributed by atoms with Crippen LogP contribution in [0.3, 0.4) is 0 Å². The molecule has 1 aliphatic carbocycles. The van der Waals surface area contributed by atoms with Crippen molar-refractivity contribution in [2.24, 2.45) is 0 Å². The van der Waals surface area contributed by atoms with Gasteiger partial charge in [-0.2, -0.15) is 0 Å². The van der Waals surface area contributed by atoms with Crippen LogP contribution >= 0.6 is 0 Å².